The molecule has 140 valence electrons. The average Bonchev–Trinajstić information content (AvgIpc) is 3.24. The first kappa shape index (κ1) is 17.7. The molecule has 0 bridgehead atoms. The fourth-order valence-electron chi connectivity index (χ4n) is 3.96. The Morgan fingerprint density at radius 1 is 1.00 bits per heavy atom. The molecule has 4 rings (SSSR count). The number of hydrogen-bond acceptors (Lipinski definition) is 5. The van der Waals surface area contributed by atoms with Gasteiger partial charge in [0, 0.05) is 18.5 Å². The zero-order valence-corrected chi connectivity index (χ0v) is 15.4. The van der Waals surface area contributed by atoms with Crippen molar-refractivity contribution in [1.82, 2.24) is 20.2 Å². The Labute approximate surface area is 159 Å². The lowest BCUT2D eigenvalue weighted by Crippen LogP contribution is -2.46. The van der Waals surface area contributed by atoms with Gasteiger partial charge in [-0.05, 0) is 53.8 Å². The highest BCUT2D eigenvalue weighted by molar-refractivity contribution is 5.41. The predicted octanol–water partition coefficient (Wildman–Crippen LogP) is 2.87. The molecule has 27 heavy (non-hydrogen) atoms. The number of rotatable bonds is 6. The molecule has 2 heterocycles. The van der Waals surface area contributed by atoms with Gasteiger partial charge in [-0.2, -0.15) is 4.68 Å². The quantitative estimate of drug-likeness (QED) is 0.729. The van der Waals surface area contributed by atoms with E-state index in [-0.39, 0.29) is 12.0 Å². The van der Waals surface area contributed by atoms with E-state index in [2.05, 4.69) is 44.7 Å². The second kappa shape index (κ2) is 7.88. The molecule has 3 aromatic rings. The van der Waals surface area contributed by atoms with Crippen LogP contribution in [0.5, 0.6) is 0 Å². The molecule has 0 unspecified atom stereocenters. The van der Waals surface area contributed by atoms with Crippen LogP contribution in [0.15, 0.2) is 60.7 Å². The Kier molecular flexibility index (Phi) is 5.16. The minimum Gasteiger partial charge on any atom is -0.396 e. The van der Waals surface area contributed by atoms with Gasteiger partial charge in [0.25, 0.3) is 0 Å². The largest absolute Gasteiger partial charge is 0.396 e. The van der Waals surface area contributed by atoms with E-state index in [4.69, 9.17) is 0 Å². The normalized spacial score (nSPS) is 20.0. The number of para-hydroxylation sites is 1. The van der Waals surface area contributed by atoms with E-state index < -0.39 is 0 Å². The van der Waals surface area contributed by atoms with Crippen molar-refractivity contribution >= 4 is 5.95 Å². The minimum absolute atomic E-state index is 0.123. The second-order valence-corrected chi connectivity index (χ2v) is 7.40. The number of nitrogens with zero attached hydrogens (tertiary/aromatic N) is 5. The third kappa shape index (κ3) is 3.85. The molecule has 6 nitrogen and oxygen atoms in total. The van der Waals surface area contributed by atoms with Gasteiger partial charge in [-0.15, -0.1) is 0 Å². The Hall–Kier alpha value is -2.73. The second-order valence-electron chi connectivity index (χ2n) is 7.40. The smallest absolute Gasteiger partial charge is 0.250 e. The maximum atomic E-state index is 10.2. The van der Waals surface area contributed by atoms with Crippen LogP contribution < -0.4 is 4.90 Å². The van der Waals surface area contributed by atoms with Gasteiger partial charge >= 0.3 is 0 Å². The van der Waals surface area contributed by atoms with Gasteiger partial charge < -0.3 is 10.0 Å². The molecule has 0 amide bonds. The molecule has 1 N–H and O–H groups in total. The lowest BCUT2D eigenvalue weighted by Gasteiger charge is -2.42. The monoisotopic (exact) mass is 363 g/mol. The first-order chi connectivity index (χ1) is 13.3. The Bertz CT molecular complexity index is 851. The highest BCUT2D eigenvalue weighted by Gasteiger charge is 2.36. The number of anilines is 1. The third-order valence-corrected chi connectivity index (χ3v) is 5.52. The van der Waals surface area contributed by atoms with Crippen molar-refractivity contribution in [2.75, 3.05) is 24.6 Å². The molecule has 0 saturated carbocycles. The van der Waals surface area contributed by atoms with Gasteiger partial charge in [0.15, 0.2) is 0 Å². The molecule has 1 fully saturated rings. The van der Waals surface area contributed by atoms with E-state index in [0.717, 1.165) is 50.4 Å². The summed E-state index contributed by atoms with van der Waals surface area (Å²) in [7, 11) is 0. The van der Waals surface area contributed by atoms with Gasteiger partial charge in [0.1, 0.15) is 0 Å². The number of aliphatic hydroxyl groups excluding tert-OH is 1. The number of aliphatic hydroxyl groups is 1. The van der Waals surface area contributed by atoms with Crippen LogP contribution in [-0.2, 0) is 6.42 Å². The molecule has 1 saturated heterocycles. The number of aromatic nitrogens is 4. The third-order valence-electron chi connectivity index (χ3n) is 5.52. The van der Waals surface area contributed by atoms with E-state index >= 15 is 0 Å². The minimum atomic E-state index is -0.123. The maximum absolute atomic E-state index is 10.2. The molecule has 1 aromatic heterocycles. The molecule has 0 radical (unpaired) electrons. The molecular weight excluding hydrogens is 338 g/mol. The number of benzene rings is 2. The molecule has 0 spiro atoms. The zero-order valence-electron chi connectivity index (χ0n) is 15.4. The van der Waals surface area contributed by atoms with E-state index in [1.54, 1.807) is 4.68 Å². The number of tetrazole rings is 1. The van der Waals surface area contributed by atoms with Crippen molar-refractivity contribution in [3.63, 3.8) is 0 Å². The summed E-state index contributed by atoms with van der Waals surface area (Å²) in [5.74, 6) is 0.749. The van der Waals surface area contributed by atoms with Crippen molar-refractivity contribution in [3.8, 4) is 5.69 Å². The van der Waals surface area contributed by atoms with Crippen LogP contribution in [0.4, 0.5) is 5.95 Å². The lowest BCUT2D eigenvalue weighted by atomic mass is 9.76. The molecule has 2 aromatic carbocycles. The van der Waals surface area contributed by atoms with Crippen molar-refractivity contribution in [2.24, 2.45) is 5.41 Å². The van der Waals surface area contributed by atoms with Crippen LogP contribution >= 0.6 is 0 Å². The zero-order chi connectivity index (χ0) is 18.5. The summed E-state index contributed by atoms with van der Waals surface area (Å²) in [5.41, 5.74) is 2.14. The fourth-order valence-corrected chi connectivity index (χ4v) is 3.96. The molecule has 6 heteroatoms. The molecule has 0 aliphatic carbocycles. The summed E-state index contributed by atoms with van der Waals surface area (Å²) >= 11 is 0. The standard InChI is InChI=1S/C21H25N5O/c27-17-21(14-12-18-8-3-1-4-9-18)13-7-15-25(16-21)20-22-23-24-26(20)19-10-5-2-6-11-19/h1-6,8-11,27H,7,12-17H2/t21-/m0/s1. The topological polar surface area (TPSA) is 67.1 Å². The van der Waals surface area contributed by atoms with Crippen molar-refractivity contribution in [2.45, 2.75) is 25.7 Å². The van der Waals surface area contributed by atoms with Crippen LogP contribution in [0.3, 0.4) is 0 Å². The van der Waals surface area contributed by atoms with Crippen molar-refractivity contribution < 1.29 is 5.11 Å². The Balaban J connectivity index is 1.53. The van der Waals surface area contributed by atoms with E-state index in [1.807, 2.05) is 36.4 Å². The first-order valence-corrected chi connectivity index (χ1v) is 9.53. The van der Waals surface area contributed by atoms with Crippen LogP contribution in [0.1, 0.15) is 24.8 Å². The summed E-state index contributed by atoms with van der Waals surface area (Å²) in [5, 5.41) is 22.6. The summed E-state index contributed by atoms with van der Waals surface area (Å²) in [6.45, 7) is 1.85. The average molecular weight is 363 g/mol. The predicted molar refractivity (Wildman–Crippen MR) is 105 cm³/mol. The van der Waals surface area contributed by atoms with Gasteiger partial charge in [-0.3, -0.25) is 0 Å². The van der Waals surface area contributed by atoms with Gasteiger partial charge in [0.05, 0.1) is 12.3 Å². The van der Waals surface area contributed by atoms with Gasteiger partial charge in [0.2, 0.25) is 5.95 Å². The number of hydrogen-bond donors (Lipinski definition) is 1. The van der Waals surface area contributed by atoms with Crippen molar-refractivity contribution in [1.29, 1.82) is 0 Å². The van der Waals surface area contributed by atoms with E-state index in [1.165, 1.54) is 5.56 Å². The maximum Gasteiger partial charge on any atom is 0.250 e. The lowest BCUT2D eigenvalue weighted by molar-refractivity contribution is 0.0958. The molecular formula is C21H25N5O. The molecule has 1 aliphatic heterocycles. The summed E-state index contributed by atoms with van der Waals surface area (Å²) in [6.07, 6.45) is 3.98. The highest BCUT2D eigenvalue weighted by Crippen LogP contribution is 2.36. The van der Waals surface area contributed by atoms with Crippen LogP contribution in [0.2, 0.25) is 0 Å². The van der Waals surface area contributed by atoms with Crippen molar-refractivity contribution in [3.05, 3.63) is 66.2 Å². The number of aryl methyl sites for hydroxylation is 1. The van der Waals surface area contributed by atoms with Gasteiger partial charge in [-0.1, -0.05) is 53.6 Å². The summed E-state index contributed by atoms with van der Waals surface area (Å²) < 4.78 is 1.78. The van der Waals surface area contributed by atoms with E-state index in [0.29, 0.717) is 0 Å². The van der Waals surface area contributed by atoms with Gasteiger partial charge in [-0.25, -0.2) is 0 Å². The summed E-state index contributed by atoms with van der Waals surface area (Å²) in [6, 6.07) is 20.4. The fraction of sp³-hybridized carbons (Fsp3) is 0.381. The summed E-state index contributed by atoms with van der Waals surface area (Å²) in [4.78, 5) is 2.22. The highest BCUT2D eigenvalue weighted by atomic mass is 16.3. The Morgan fingerprint density at radius 2 is 1.74 bits per heavy atom. The van der Waals surface area contributed by atoms with Crippen LogP contribution in [0.25, 0.3) is 5.69 Å². The number of piperidine rings is 1. The Morgan fingerprint density at radius 3 is 2.48 bits per heavy atom. The van der Waals surface area contributed by atoms with E-state index in [9.17, 15) is 5.11 Å². The SMILES string of the molecule is OC[C@]1(CCc2ccccc2)CCCN(c2nnnn2-c2ccccc2)C1. The molecule has 1 aliphatic rings. The van der Waals surface area contributed by atoms with Crippen LogP contribution in [0, 0.1) is 5.41 Å². The molecule has 1 atom stereocenters. The van der Waals surface area contributed by atoms with Crippen LogP contribution in [-0.4, -0.2) is 45.0 Å². The first-order valence-electron chi connectivity index (χ1n) is 9.53.